The average Bonchev–Trinajstić information content (AvgIpc) is 3.28. The third-order valence-electron chi connectivity index (χ3n) is 11.8. The number of aliphatic hydroxyl groups is 2. The lowest BCUT2D eigenvalue weighted by Gasteiger charge is -2.63. The first-order valence-electron chi connectivity index (χ1n) is 15.8. The number of alkyl halides is 1. The lowest BCUT2D eigenvalue weighted by atomic mass is 9.43. The second-order valence-corrected chi connectivity index (χ2v) is 14.6. The van der Waals surface area contributed by atoms with E-state index in [1.165, 1.54) is 0 Å². The van der Waals surface area contributed by atoms with Gasteiger partial charge in [0, 0.05) is 24.6 Å². The second kappa shape index (κ2) is 13.5. The van der Waals surface area contributed by atoms with Gasteiger partial charge in [0.05, 0.1) is 18.8 Å². The van der Waals surface area contributed by atoms with E-state index in [-0.39, 0.29) is 52.5 Å². The van der Waals surface area contributed by atoms with Crippen LogP contribution in [-0.2, 0) is 19.1 Å². The first-order chi connectivity index (χ1) is 19.1. The molecule has 0 aromatic rings. The van der Waals surface area contributed by atoms with Gasteiger partial charge < -0.3 is 19.7 Å². The van der Waals surface area contributed by atoms with E-state index >= 15 is 0 Å². The molecular weight excluding hydrogens is 572 g/mol. The third kappa shape index (κ3) is 6.30. The molecule has 4 rings (SSSR count). The van der Waals surface area contributed by atoms with Crippen LogP contribution in [-0.4, -0.2) is 52.4 Å². The highest BCUT2D eigenvalue weighted by atomic mass is 79.9. The topological polar surface area (TPSA) is 93.1 Å². The molecular formula is C33H51BrO6. The minimum Gasteiger partial charge on any atom is -0.466 e. The van der Waals surface area contributed by atoms with E-state index in [4.69, 9.17) is 15.9 Å². The predicted molar refractivity (Wildman–Crippen MR) is 158 cm³/mol. The number of rotatable bonds is 11. The molecule has 6 nitrogen and oxygen atoms in total. The second-order valence-electron chi connectivity index (χ2n) is 13.8. The fraction of sp³-hybridized carbons (Fsp3) is 0.879. The number of hydrogen-bond donors (Lipinski definition) is 2. The highest BCUT2D eigenvalue weighted by Crippen LogP contribution is 2.68. The van der Waals surface area contributed by atoms with Crippen molar-refractivity contribution in [2.24, 2.45) is 46.3 Å². The van der Waals surface area contributed by atoms with Gasteiger partial charge in [0.1, 0.15) is 6.10 Å². The van der Waals surface area contributed by atoms with Gasteiger partial charge in [-0.15, -0.1) is 12.3 Å². The minimum atomic E-state index is -0.424. The summed E-state index contributed by atoms with van der Waals surface area (Å²) in [7, 11) is 0. The number of aliphatic hydroxyl groups excluding tert-OH is 2. The Morgan fingerprint density at radius 3 is 2.55 bits per heavy atom. The van der Waals surface area contributed by atoms with E-state index in [1.807, 2.05) is 0 Å². The Morgan fingerprint density at radius 1 is 1.05 bits per heavy atom. The molecule has 2 N–H and O–H groups in total. The van der Waals surface area contributed by atoms with E-state index in [0.29, 0.717) is 44.1 Å². The summed E-state index contributed by atoms with van der Waals surface area (Å²) in [6, 6.07) is 0. The molecule has 0 amide bonds. The summed E-state index contributed by atoms with van der Waals surface area (Å²) in [6.45, 7) is 7.23. The van der Waals surface area contributed by atoms with Crippen molar-refractivity contribution >= 4 is 27.9 Å². The molecule has 0 radical (unpaired) electrons. The number of terminal acetylenes is 1. The van der Waals surface area contributed by atoms with Crippen LogP contribution in [0.1, 0.15) is 104 Å². The van der Waals surface area contributed by atoms with E-state index < -0.39 is 12.2 Å². The smallest absolute Gasteiger partial charge is 0.306 e. The summed E-state index contributed by atoms with van der Waals surface area (Å²) in [6.07, 6.45) is 14.2. The molecule has 0 aromatic heterocycles. The Labute approximate surface area is 249 Å². The Kier molecular flexibility index (Phi) is 10.7. The van der Waals surface area contributed by atoms with Crippen molar-refractivity contribution in [2.75, 3.05) is 11.9 Å². The van der Waals surface area contributed by atoms with Crippen molar-refractivity contribution in [1.82, 2.24) is 0 Å². The number of carbonyl (C=O) groups excluding carboxylic acids is 2. The van der Waals surface area contributed by atoms with E-state index in [1.54, 1.807) is 0 Å². The molecule has 0 heterocycles. The SMILES string of the molecule is C#CCCCOC(=O)CC[C@@H](C)[C@H]1CC[C@H]2[C@@H]3[C@H](O)C[C@@H]4C[C@H](OC(=O)CCCBr)CC[C@]4(C)[C@H]3C[C@H](O)[C@]12C. The van der Waals surface area contributed by atoms with E-state index in [9.17, 15) is 19.8 Å². The molecule has 0 unspecified atom stereocenters. The van der Waals surface area contributed by atoms with Gasteiger partial charge in [0.15, 0.2) is 0 Å². The standard InChI is InChI=1S/C33H51BrO6/c1-5-6-7-17-39-29(37)13-10-21(2)24-11-12-25-31-26(20-28(36)33(24,25)4)32(3)15-14-23(18-22(32)19-27(31)35)40-30(38)9-8-16-34/h1,21-28,31,35-36H,6-20H2,2-4H3/t21-,22+,23-,24-,25+,26+,27-,28+,31+,32+,33-/m1/s1. The van der Waals surface area contributed by atoms with Crippen LogP contribution in [0, 0.1) is 58.7 Å². The molecule has 4 fully saturated rings. The van der Waals surface area contributed by atoms with Crippen molar-refractivity contribution in [3.8, 4) is 12.3 Å². The Balaban J connectivity index is 1.40. The van der Waals surface area contributed by atoms with Gasteiger partial charge >= 0.3 is 11.9 Å². The molecule has 0 aromatic carbocycles. The normalized spacial score (nSPS) is 41.1. The van der Waals surface area contributed by atoms with Crippen molar-refractivity contribution in [2.45, 2.75) is 123 Å². The summed E-state index contributed by atoms with van der Waals surface area (Å²) < 4.78 is 11.2. The Hall–Kier alpha value is -1.10. The largest absolute Gasteiger partial charge is 0.466 e. The van der Waals surface area contributed by atoms with Gasteiger partial charge in [-0.05, 0) is 111 Å². The van der Waals surface area contributed by atoms with Crippen LogP contribution in [0.5, 0.6) is 0 Å². The van der Waals surface area contributed by atoms with Gasteiger partial charge in [0.2, 0.25) is 0 Å². The monoisotopic (exact) mass is 622 g/mol. The van der Waals surface area contributed by atoms with Crippen LogP contribution < -0.4 is 0 Å². The molecule has 40 heavy (non-hydrogen) atoms. The predicted octanol–water partition coefficient (Wildman–Crippen LogP) is 6.05. The number of esters is 2. The first-order valence-corrected chi connectivity index (χ1v) is 16.9. The molecule has 7 heteroatoms. The van der Waals surface area contributed by atoms with Crippen molar-refractivity contribution in [3.63, 3.8) is 0 Å². The average molecular weight is 624 g/mol. The number of ether oxygens (including phenoxy) is 2. The zero-order valence-electron chi connectivity index (χ0n) is 24.8. The van der Waals surface area contributed by atoms with Crippen LogP contribution in [0.3, 0.4) is 0 Å². The summed E-state index contributed by atoms with van der Waals surface area (Å²) in [5, 5.41) is 24.3. The number of carbonyl (C=O) groups is 2. The van der Waals surface area contributed by atoms with Crippen molar-refractivity contribution < 1.29 is 29.3 Å². The minimum absolute atomic E-state index is 0.0395. The van der Waals surface area contributed by atoms with Crippen LogP contribution in [0.2, 0.25) is 0 Å². The van der Waals surface area contributed by atoms with E-state index in [2.05, 4.69) is 42.6 Å². The zero-order valence-corrected chi connectivity index (χ0v) is 26.4. The maximum absolute atomic E-state index is 12.3. The lowest BCUT2D eigenvalue weighted by molar-refractivity contribution is -0.209. The van der Waals surface area contributed by atoms with Gasteiger partial charge in [-0.25, -0.2) is 0 Å². The Morgan fingerprint density at radius 2 is 1.82 bits per heavy atom. The van der Waals surface area contributed by atoms with Gasteiger partial charge in [0.25, 0.3) is 0 Å². The molecule has 11 atom stereocenters. The van der Waals surface area contributed by atoms with Gasteiger partial charge in [-0.2, -0.15) is 0 Å². The summed E-state index contributed by atoms with van der Waals surface area (Å²) in [5.41, 5.74) is -0.221. The molecule has 226 valence electrons. The molecule has 0 saturated heterocycles. The zero-order chi connectivity index (χ0) is 29.1. The van der Waals surface area contributed by atoms with Crippen LogP contribution in [0.15, 0.2) is 0 Å². The quantitative estimate of drug-likeness (QED) is 0.126. The Bertz CT molecular complexity index is 932. The van der Waals surface area contributed by atoms with E-state index in [0.717, 1.165) is 63.1 Å². The fourth-order valence-electron chi connectivity index (χ4n) is 9.66. The molecule has 4 aliphatic carbocycles. The number of halogens is 1. The summed E-state index contributed by atoms with van der Waals surface area (Å²) in [4.78, 5) is 24.6. The number of fused-ring (bicyclic) bond motifs is 5. The molecule has 4 saturated carbocycles. The molecule has 4 aliphatic rings. The van der Waals surface area contributed by atoms with Crippen molar-refractivity contribution in [3.05, 3.63) is 0 Å². The summed E-state index contributed by atoms with van der Waals surface area (Å²) >= 11 is 3.38. The number of unbranched alkanes of at least 4 members (excludes halogenated alkanes) is 1. The van der Waals surface area contributed by atoms with Gasteiger partial charge in [-0.3, -0.25) is 9.59 Å². The highest BCUT2D eigenvalue weighted by Gasteiger charge is 2.65. The number of hydrogen-bond acceptors (Lipinski definition) is 6. The lowest BCUT2D eigenvalue weighted by Crippen LogP contribution is -2.62. The van der Waals surface area contributed by atoms with Crippen LogP contribution in [0.25, 0.3) is 0 Å². The fourth-order valence-corrected chi connectivity index (χ4v) is 9.94. The van der Waals surface area contributed by atoms with Crippen LogP contribution in [0.4, 0.5) is 0 Å². The maximum atomic E-state index is 12.3. The van der Waals surface area contributed by atoms with Crippen molar-refractivity contribution in [1.29, 1.82) is 0 Å². The molecule has 0 spiro atoms. The molecule has 0 bridgehead atoms. The first kappa shape index (κ1) is 31.8. The summed E-state index contributed by atoms with van der Waals surface area (Å²) in [5.74, 6) is 3.92. The highest BCUT2D eigenvalue weighted by molar-refractivity contribution is 9.09. The molecule has 0 aliphatic heterocycles. The maximum Gasteiger partial charge on any atom is 0.306 e. The van der Waals surface area contributed by atoms with Crippen LogP contribution >= 0.6 is 15.9 Å². The third-order valence-corrected chi connectivity index (χ3v) is 12.4. The van der Waals surface area contributed by atoms with Gasteiger partial charge in [-0.1, -0.05) is 36.7 Å².